The minimum atomic E-state index is 0.0282. The summed E-state index contributed by atoms with van der Waals surface area (Å²) in [6, 6.07) is 5.43. The van der Waals surface area contributed by atoms with Crippen molar-refractivity contribution < 1.29 is 18.8 Å². The van der Waals surface area contributed by atoms with E-state index in [1.165, 1.54) is 0 Å². The quantitative estimate of drug-likeness (QED) is 0.424. The molecule has 1 aliphatic rings. The van der Waals surface area contributed by atoms with E-state index in [0.29, 0.717) is 49.2 Å². The zero-order valence-corrected chi connectivity index (χ0v) is 20.5. The Balaban J connectivity index is 1.40. The predicted molar refractivity (Wildman–Crippen MR) is 129 cm³/mol. The van der Waals surface area contributed by atoms with Crippen LogP contribution in [0, 0.1) is 13.8 Å². The molecule has 0 aliphatic carbocycles. The lowest BCUT2D eigenvalue weighted by Gasteiger charge is -2.32. The van der Waals surface area contributed by atoms with E-state index in [9.17, 15) is 4.79 Å². The summed E-state index contributed by atoms with van der Waals surface area (Å²) >= 11 is 0. The van der Waals surface area contributed by atoms with Crippen LogP contribution in [0.2, 0.25) is 0 Å². The van der Waals surface area contributed by atoms with E-state index >= 15 is 0 Å². The van der Waals surface area contributed by atoms with Gasteiger partial charge in [0.1, 0.15) is 11.6 Å². The number of likely N-dealkylation sites (tertiary alicyclic amines) is 1. The molecule has 3 aromatic rings. The van der Waals surface area contributed by atoms with E-state index in [1.54, 1.807) is 13.2 Å². The van der Waals surface area contributed by atoms with Crippen LogP contribution in [0.3, 0.4) is 0 Å². The van der Waals surface area contributed by atoms with Crippen molar-refractivity contribution >= 4 is 5.91 Å². The van der Waals surface area contributed by atoms with Crippen LogP contribution in [-0.4, -0.2) is 52.3 Å². The van der Waals surface area contributed by atoms with Gasteiger partial charge in [0.15, 0.2) is 11.5 Å². The lowest BCUT2D eigenvalue weighted by Crippen LogP contribution is -2.38. The van der Waals surface area contributed by atoms with Gasteiger partial charge in [0.25, 0.3) is 5.91 Å². The van der Waals surface area contributed by atoms with Crippen LogP contribution in [-0.2, 0) is 6.54 Å². The fourth-order valence-electron chi connectivity index (χ4n) is 4.48. The number of hydrogen-bond donors (Lipinski definition) is 0. The molecular formula is C26H34N4O4. The number of carbonyl (C=O) groups is 1. The third kappa shape index (κ3) is 5.11. The molecule has 1 aromatic carbocycles. The molecule has 0 saturated carbocycles. The number of methoxy groups -OCH3 is 1. The number of carbonyl (C=O) groups excluding carboxylic acids is 1. The van der Waals surface area contributed by atoms with Crippen molar-refractivity contribution in [3.63, 3.8) is 0 Å². The van der Waals surface area contributed by atoms with Gasteiger partial charge < -0.3 is 23.5 Å². The molecule has 182 valence electrons. The molecule has 0 atom stereocenters. The Labute approximate surface area is 200 Å². The maximum absolute atomic E-state index is 13.2. The van der Waals surface area contributed by atoms with E-state index < -0.39 is 0 Å². The second kappa shape index (κ2) is 10.8. The van der Waals surface area contributed by atoms with Gasteiger partial charge in [0, 0.05) is 42.5 Å². The molecule has 0 radical (unpaired) electrons. The highest BCUT2D eigenvalue weighted by molar-refractivity contribution is 5.95. The van der Waals surface area contributed by atoms with Crippen LogP contribution in [0.25, 0.3) is 0 Å². The van der Waals surface area contributed by atoms with Crippen LogP contribution in [0.15, 0.2) is 35.1 Å². The van der Waals surface area contributed by atoms with Crippen molar-refractivity contribution in [1.29, 1.82) is 0 Å². The first-order valence-electron chi connectivity index (χ1n) is 12.0. The molecule has 8 heteroatoms. The SMILES string of the molecule is CCCCOc1cc(C(=O)N2CCC(c3nccn3Cc3c(C)noc3C)CC2)ccc1OC. The summed E-state index contributed by atoms with van der Waals surface area (Å²) in [6.45, 7) is 8.72. The highest BCUT2D eigenvalue weighted by atomic mass is 16.5. The fourth-order valence-corrected chi connectivity index (χ4v) is 4.48. The molecule has 0 N–H and O–H groups in total. The van der Waals surface area contributed by atoms with Crippen LogP contribution in [0.5, 0.6) is 11.5 Å². The maximum Gasteiger partial charge on any atom is 0.253 e. The molecule has 34 heavy (non-hydrogen) atoms. The number of nitrogens with zero attached hydrogens (tertiary/aromatic N) is 4. The average molecular weight is 467 g/mol. The Kier molecular flexibility index (Phi) is 7.55. The fraction of sp³-hybridized carbons (Fsp3) is 0.500. The summed E-state index contributed by atoms with van der Waals surface area (Å²) in [4.78, 5) is 19.8. The summed E-state index contributed by atoms with van der Waals surface area (Å²) in [5.41, 5.74) is 2.64. The standard InChI is InChI=1S/C26H34N4O4/c1-5-6-15-33-24-16-21(7-8-23(24)32-4)26(31)29-12-9-20(10-13-29)25-27-11-14-30(25)17-22-18(2)28-34-19(22)3/h7-8,11,14,16,20H,5-6,9-10,12-13,15,17H2,1-4H3. The van der Waals surface area contributed by atoms with Gasteiger partial charge in [0.2, 0.25) is 0 Å². The molecule has 3 heterocycles. The Morgan fingerprint density at radius 3 is 2.68 bits per heavy atom. The zero-order chi connectivity index (χ0) is 24.1. The van der Waals surface area contributed by atoms with Crippen molar-refractivity contribution in [3.05, 3.63) is 59.0 Å². The molecule has 1 aliphatic heterocycles. The first-order valence-corrected chi connectivity index (χ1v) is 12.0. The molecular weight excluding hydrogens is 432 g/mol. The maximum atomic E-state index is 13.2. The lowest BCUT2D eigenvalue weighted by atomic mass is 9.95. The van der Waals surface area contributed by atoms with Gasteiger partial charge in [-0.2, -0.15) is 0 Å². The normalized spacial score (nSPS) is 14.4. The molecule has 0 spiro atoms. The molecule has 2 aromatic heterocycles. The smallest absolute Gasteiger partial charge is 0.253 e. The van der Waals surface area contributed by atoms with Gasteiger partial charge in [0.05, 0.1) is 26.0 Å². The van der Waals surface area contributed by atoms with Crippen molar-refractivity contribution in [3.8, 4) is 11.5 Å². The van der Waals surface area contributed by atoms with Crippen LogP contribution >= 0.6 is 0 Å². The largest absolute Gasteiger partial charge is 0.493 e. The number of amides is 1. The molecule has 1 saturated heterocycles. The van der Waals surface area contributed by atoms with Crippen molar-refractivity contribution in [1.82, 2.24) is 19.6 Å². The monoisotopic (exact) mass is 466 g/mol. The van der Waals surface area contributed by atoms with E-state index in [1.807, 2.05) is 43.3 Å². The summed E-state index contributed by atoms with van der Waals surface area (Å²) in [5.74, 6) is 3.51. The Hall–Kier alpha value is -3.29. The predicted octanol–water partition coefficient (Wildman–Crippen LogP) is 4.74. The van der Waals surface area contributed by atoms with Crippen LogP contribution in [0.1, 0.15) is 71.7 Å². The van der Waals surface area contributed by atoms with Gasteiger partial charge in [-0.25, -0.2) is 4.98 Å². The highest BCUT2D eigenvalue weighted by Crippen LogP contribution is 2.31. The van der Waals surface area contributed by atoms with Crippen molar-refractivity contribution in [2.24, 2.45) is 0 Å². The van der Waals surface area contributed by atoms with Crippen molar-refractivity contribution in [2.45, 2.75) is 58.9 Å². The Morgan fingerprint density at radius 1 is 1.21 bits per heavy atom. The second-order valence-electron chi connectivity index (χ2n) is 8.85. The number of aromatic nitrogens is 3. The molecule has 1 amide bonds. The van der Waals surface area contributed by atoms with E-state index in [4.69, 9.17) is 14.0 Å². The van der Waals surface area contributed by atoms with Crippen molar-refractivity contribution in [2.75, 3.05) is 26.8 Å². The molecule has 8 nitrogen and oxygen atoms in total. The number of rotatable bonds is 9. The summed E-state index contributed by atoms with van der Waals surface area (Å²) in [6.07, 6.45) is 7.62. The van der Waals surface area contributed by atoms with E-state index in [-0.39, 0.29) is 5.91 Å². The number of aryl methyl sites for hydroxylation is 2. The first-order chi connectivity index (χ1) is 16.5. The Morgan fingerprint density at radius 2 is 2.00 bits per heavy atom. The summed E-state index contributed by atoms with van der Waals surface area (Å²) < 4.78 is 18.8. The number of ether oxygens (including phenoxy) is 2. The lowest BCUT2D eigenvalue weighted by molar-refractivity contribution is 0.0710. The van der Waals surface area contributed by atoms with Crippen LogP contribution < -0.4 is 9.47 Å². The average Bonchev–Trinajstić information content (AvgIpc) is 3.46. The van der Waals surface area contributed by atoms with E-state index in [2.05, 4.69) is 21.6 Å². The molecule has 1 fully saturated rings. The zero-order valence-electron chi connectivity index (χ0n) is 20.5. The van der Waals surface area contributed by atoms with Crippen LogP contribution in [0.4, 0.5) is 0 Å². The first kappa shape index (κ1) is 23.9. The van der Waals surface area contributed by atoms with Gasteiger partial charge in [-0.15, -0.1) is 0 Å². The number of piperidine rings is 1. The number of hydrogen-bond acceptors (Lipinski definition) is 6. The summed E-state index contributed by atoms with van der Waals surface area (Å²) in [7, 11) is 1.61. The number of imidazole rings is 1. The van der Waals surface area contributed by atoms with Gasteiger partial charge >= 0.3 is 0 Å². The van der Waals surface area contributed by atoms with Gasteiger partial charge in [-0.1, -0.05) is 18.5 Å². The third-order valence-corrected chi connectivity index (χ3v) is 6.57. The molecule has 4 rings (SSSR count). The van der Waals surface area contributed by atoms with E-state index in [0.717, 1.165) is 48.5 Å². The molecule has 0 unspecified atom stereocenters. The minimum Gasteiger partial charge on any atom is -0.493 e. The highest BCUT2D eigenvalue weighted by Gasteiger charge is 2.28. The third-order valence-electron chi connectivity index (χ3n) is 6.57. The summed E-state index contributed by atoms with van der Waals surface area (Å²) in [5, 5.41) is 4.07. The van der Waals surface area contributed by atoms with Gasteiger partial charge in [-0.05, 0) is 51.3 Å². The number of unbranched alkanes of at least 4 members (excludes halogenated alkanes) is 1. The topological polar surface area (TPSA) is 82.6 Å². The number of benzene rings is 1. The second-order valence-corrected chi connectivity index (χ2v) is 8.85. The molecule has 0 bridgehead atoms. The van der Waals surface area contributed by atoms with Gasteiger partial charge in [-0.3, -0.25) is 4.79 Å². The Bertz CT molecular complexity index is 1090. The minimum absolute atomic E-state index is 0.0282.